The molecule has 0 aliphatic heterocycles. The van der Waals surface area contributed by atoms with Gasteiger partial charge in [0.2, 0.25) is 5.91 Å². The summed E-state index contributed by atoms with van der Waals surface area (Å²) in [6.45, 7) is 3.89. The molecule has 7 nitrogen and oxygen atoms in total. The summed E-state index contributed by atoms with van der Waals surface area (Å²) in [5.41, 5.74) is 3.93. The van der Waals surface area contributed by atoms with Crippen LogP contribution in [0, 0.1) is 5.92 Å². The molecule has 1 saturated carbocycles. The second-order valence-corrected chi connectivity index (χ2v) is 9.72. The van der Waals surface area contributed by atoms with Gasteiger partial charge in [-0.1, -0.05) is 48.5 Å². The molecule has 0 saturated heterocycles. The van der Waals surface area contributed by atoms with Crippen molar-refractivity contribution in [1.29, 1.82) is 0 Å². The molecule has 180 valence electrons. The van der Waals surface area contributed by atoms with Crippen molar-refractivity contribution in [3.63, 3.8) is 0 Å². The van der Waals surface area contributed by atoms with Gasteiger partial charge in [-0.05, 0) is 61.3 Å². The van der Waals surface area contributed by atoms with Crippen molar-refractivity contribution in [2.45, 2.75) is 63.5 Å². The van der Waals surface area contributed by atoms with E-state index in [4.69, 9.17) is 9.84 Å². The van der Waals surface area contributed by atoms with Gasteiger partial charge in [0.15, 0.2) is 0 Å². The lowest BCUT2D eigenvalue weighted by Crippen LogP contribution is -2.51. The van der Waals surface area contributed by atoms with Crippen molar-refractivity contribution < 1.29 is 24.2 Å². The molecule has 7 heteroatoms. The summed E-state index contributed by atoms with van der Waals surface area (Å²) in [5.74, 6) is -0.899. The number of benzene rings is 2. The van der Waals surface area contributed by atoms with E-state index in [0.29, 0.717) is 6.42 Å². The largest absolute Gasteiger partial charge is 0.481 e. The first-order valence-corrected chi connectivity index (χ1v) is 11.9. The Balaban J connectivity index is 1.36. The lowest BCUT2D eigenvalue weighted by Gasteiger charge is -2.31. The maximum atomic E-state index is 12.8. The summed E-state index contributed by atoms with van der Waals surface area (Å²) in [7, 11) is 0. The minimum atomic E-state index is -0.888. The number of alkyl carbamates (subject to hydrolysis) is 1. The lowest BCUT2D eigenvalue weighted by atomic mass is 9.91. The molecule has 0 radical (unpaired) electrons. The third-order valence-corrected chi connectivity index (χ3v) is 6.94. The van der Waals surface area contributed by atoms with Crippen molar-refractivity contribution in [3.8, 4) is 11.1 Å². The summed E-state index contributed by atoms with van der Waals surface area (Å²) in [5, 5.41) is 14.6. The molecule has 0 aromatic heterocycles. The standard InChI is InChI=1S/C27H32N2O5/c1-17(11-14-25(31)32)28-24(30)15-27(2,18-12-13-18)29-26(33)34-16-23-21-9-5-3-7-19(21)20-8-4-6-10-22(20)23/h3-10,17-18,23H,11-16H2,1-2H3,(H,28,30)(H,29,33)(H,31,32). The van der Waals surface area contributed by atoms with Crippen LogP contribution in [-0.2, 0) is 14.3 Å². The van der Waals surface area contributed by atoms with Crippen LogP contribution >= 0.6 is 0 Å². The van der Waals surface area contributed by atoms with Gasteiger partial charge in [0.05, 0.1) is 5.54 Å². The molecule has 2 amide bonds. The highest BCUT2D eigenvalue weighted by atomic mass is 16.5. The second-order valence-electron chi connectivity index (χ2n) is 9.72. The number of hydrogen-bond acceptors (Lipinski definition) is 4. The summed E-state index contributed by atoms with van der Waals surface area (Å²) in [6.07, 6.45) is 1.85. The molecule has 0 spiro atoms. The van der Waals surface area contributed by atoms with E-state index in [2.05, 4.69) is 34.9 Å². The topological polar surface area (TPSA) is 105 Å². The highest BCUT2D eigenvalue weighted by Gasteiger charge is 2.44. The van der Waals surface area contributed by atoms with Crippen LogP contribution in [0.2, 0.25) is 0 Å². The van der Waals surface area contributed by atoms with Gasteiger partial charge in [0, 0.05) is 24.8 Å². The highest BCUT2D eigenvalue weighted by Crippen LogP contribution is 2.45. The lowest BCUT2D eigenvalue weighted by molar-refractivity contribution is -0.137. The predicted molar refractivity (Wildman–Crippen MR) is 128 cm³/mol. The van der Waals surface area contributed by atoms with E-state index in [1.165, 1.54) is 11.1 Å². The molecule has 0 bridgehead atoms. The molecule has 4 rings (SSSR count). The highest BCUT2D eigenvalue weighted by molar-refractivity contribution is 5.80. The van der Waals surface area contributed by atoms with Crippen LogP contribution < -0.4 is 10.6 Å². The van der Waals surface area contributed by atoms with Crippen LogP contribution in [0.1, 0.15) is 63.0 Å². The molecule has 3 N–H and O–H groups in total. The fourth-order valence-corrected chi connectivity index (χ4v) is 4.95. The van der Waals surface area contributed by atoms with Crippen molar-refractivity contribution >= 4 is 18.0 Å². The molecule has 2 aliphatic carbocycles. The summed E-state index contributed by atoms with van der Waals surface area (Å²) in [6, 6.07) is 16.1. The fourth-order valence-electron chi connectivity index (χ4n) is 4.95. The van der Waals surface area contributed by atoms with E-state index in [1.54, 1.807) is 6.92 Å². The zero-order valence-electron chi connectivity index (χ0n) is 19.7. The second kappa shape index (κ2) is 9.87. The van der Waals surface area contributed by atoms with Crippen LogP contribution in [0.5, 0.6) is 0 Å². The maximum absolute atomic E-state index is 12.8. The van der Waals surface area contributed by atoms with Crippen molar-refractivity contribution in [1.82, 2.24) is 10.6 Å². The number of rotatable bonds is 10. The first-order chi connectivity index (χ1) is 16.3. The summed E-state index contributed by atoms with van der Waals surface area (Å²) in [4.78, 5) is 36.2. The van der Waals surface area contributed by atoms with Crippen molar-refractivity contribution in [3.05, 3.63) is 59.7 Å². The quantitative estimate of drug-likeness (QED) is 0.482. The van der Waals surface area contributed by atoms with Gasteiger partial charge in [-0.3, -0.25) is 9.59 Å². The Labute approximate surface area is 199 Å². The number of carbonyl (C=O) groups is 3. The van der Waals surface area contributed by atoms with Gasteiger partial charge >= 0.3 is 12.1 Å². The maximum Gasteiger partial charge on any atom is 0.407 e. The minimum absolute atomic E-state index is 0.000655. The smallest absolute Gasteiger partial charge is 0.407 e. The zero-order valence-corrected chi connectivity index (χ0v) is 19.7. The molecule has 34 heavy (non-hydrogen) atoms. The number of ether oxygens (including phenoxy) is 1. The SMILES string of the molecule is CC(CCC(=O)O)NC(=O)CC(C)(NC(=O)OCC1c2ccccc2-c2ccccc21)C1CC1. The molecular formula is C27H32N2O5. The van der Waals surface area contributed by atoms with E-state index in [-0.39, 0.29) is 43.2 Å². The third-order valence-electron chi connectivity index (χ3n) is 6.94. The predicted octanol–water partition coefficient (Wildman–Crippen LogP) is 4.45. The molecular weight excluding hydrogens is 432 g/mol. The number of hydrogen-bond donors (Lipinski definition) is 3. The zero-order chi connectivity index (χ0) is 24.3. The van der Waals surface area contributed by atoms with E-state index >= 15 is 0 Å². The molecule has 1 fully saturated rings. The summed E-state index contributed by atoms with van der Waals surface area (Å²) < 4.78 is 5.69. The number of amides is 2. The fraction of sp³-hybridized carbons (Fsp3) is 0.444. The first kappa shape index (κ1) is 23.8. The van der Waals surface area contributed by atoms with Gasteiger partial charge in [-0.15, -0.1) is 0 Å². The Hall–Kier alpha value is -3.35. The Bertz CT molecular complexity index is 1030. The van der Waals surface area contributed by atoms with Crippen LogP contribution in [-0.4, -0.2) is 41.3 Å². The van der Waals surface area contributed by atoms with Crippen LogP contribution in [0.3, 0.4) is 0 Å². The Morgan fingerprint density at radius 1 is 1.06 bits per heavy atom. The Morgan fingerprint density at radius 2 is 1.65 bits per heavy atom. The molecule has 2 aliphatic rings. The molecule has 2 atom stereocenters. The number of nitrogens with one attached hydrogen (secondary N) is 2. The van der Waals surface area contributed by atoms with Gasteiger partial charge < -0.3 is 20.5 Å². The average Bonchev–Trinajstić information content (AvgIpc) is 3.60. The average molecular weight is 465 g/mol. The van der Waals surface area contributed by atoms with E-state index in [1.807, 2.05) is 31.2 Å². The number of carboxylic acids is 1. The molecule has 2 aromatic rings. The van der Waals surface area contributed by atoms with Gasteiger partial charge in [-0.2, -0.15) is 0 Å². The van der Waals surface area contributed by atoms with E-state index < -0.39 is 17.6 Å². The minimum Gasteiger partial charge on any atom is -0.481 e. The number of carbonyl (C=O) groups excluding carboxylic acids is 2. The van der Waals surface area contributed by atoms with E-state index in [9.17, 15) is 14.4 Å². The van der Waals surface area contributed by atoms with Gasteiger partial charge in [0.1, 0.15) is 6.61 Å². The first-order valence-electron chi connectivity index (χ1n) is 11.9. The molecule has 2 aromatic carbocycles. The summed E-state index contributed by atoms with van der Waals surface area (Å²) >= 11 is 0. The number of carboxylic acid groups (broad SMARTS) is 1. The van der Waals surface area contributed by atoms with Crippen LogP contribution in [0.25, 0.3) is 11.1 Å². The van der Waals surface area contributed by atoms with Gasteiger partial charge in [-0.25, -0.2) is 4.79 Å². The van der Waals surface area contributed by atoms with E-state index in [0.717, 1.165) is 24.0 Å². The Kier molecular flexibility index (Phi) is 6.91. The number of fused-ring (bicyclic) bond motifs is 3. The Morgan fingerprint density at radius 3 is 2.21 bits per heavy atom. The molecule has 0 heterocycles. The number of aliphatic carboxylic acids is 1. The monoisotopic (exact) mass is 464 g/mol. The molecule has 2 unspecified atom stereocenters. The van der Waals surface area contributed by atoms with Crippen molar-refractivity contribution in [2.75, 3.05) is 6.61 Å². The normalized spacial score (nSPS) is 17.1. The third kappa shape index (κ3) is 5.41. The van der Waals surface area contributed by atoms with Crippen LogP contribution in [0.15, 0.2) is 48.5 Å². The van der Waals surface area contributed by atoms with Gasteiger partial charge in [0.25, 0.3) is 0 Å². The van der Waals surface area contributed by atoms with Crippen LogP contribution in [0.4, 0.5) is 4.79 Å². The van der Waals surface area contributed by atoms with Crippen molar-refractivity contribution in [2.24, 2.45) is 5.92 Å².